The van der Waals surface area contributed by atoms with E-state index in [0.717, 1.165) is 12.8 Å². The van der Waals surface area contributed by atoms with E-state index >= 15 is 0 Å². The Morgan fingerprint density at radius 2 is 2.29 bits per heavy atom. The number of amides is 1. The van der Waals surface area contributed by atoms with Crippen LogP contribution in [0.15, 0.2) is 18.2 Å². The molecule has 1 fully saturated rings. The third-order valence-electron chi connectivity index (χ3n) is 3.32. The Morgan fingerprint density at radius 1 is 1.52 bits per heavy atom. The first-order valence-electron chi connectivity index (χ1n) is 6.95. The quantitative estimate of drug-likeness (QED) is 0.834. The molecule has 2 rings (SSSR count). The van der Waals surface area contributed by atoms with E-state index in [4.69, 9.17) is 10.5 Å². The zero-order valence-corrected chi connectivity index (χ0v) is 12.1. The van der Waals surface area contributed by atoms with Gasteiger partial charge in [0, 0.05) is 25.3 Å². The maximum Gasteiger partial charge on any atom is 0.257 e. The van der Waals surface area contributed by atoms with Gasteiger partial charge in [-0.1, -0.05) is 11.8 Å². The van der Waals surface area contributed by atoms with Crippen molar-refractivity contribution < 1.29 is 13.9 Å². The molecule has 1 aliphatic rings. The van der Waals surface area contributed by atoms with Crippen LogP contribution in [0.1, 0.15) is 28.8 Å². The molecule has 0 heterocycles. The number of ether oxygens (including phenoxy) is 1. The van der Waals surface area contributed by atoms with Crippen molar-refractivity contribution in [2.24, 2.45) is 5.73 Å². The maximum absolute atomic E-state index is 14.1. The first-order chi connectivity index (χ1) is 10.2. The number of carbonyl (C=O) groups is 1. The minimum absolute atomic E-state index is 0.0799. The fraction of sp³-hybridized carbons (Fsp3) is 0.438. The fourth-order valence-corrected chi connectivity index (χ4v) is 2.10. The van der Waals surface area contributed by atoms with Gasteiger partial charge in [-0.15, -0.1) is 0 Å². The van der Waals surface area contributed by atoms with Crippen LogP contribution in [0.2, 0.25) is 0 Å². The summed E-state index contributed by atoms with van der Waals surface area (Å²) in [5.74, 6) is 4.57. The third-order valence-corrected chi connectivity index (χ3v) is 3.32. The molecule has 1 aromatic rings. The van der Waals surface area contributed by atoms with Gasteiger partial charge in [-0.05, 0) is 31.0 Å². The summed E-state index contributed by atoms with van der Waals surface area (Å²) in [7, 11) is 1.58. The van der Waals surface area contributed by atoms with Crippen LogP contribution < -0.4 is 5.73 Å². The molecule has 5 heteroatoms. The molecule has 0 aromatic heterocycles. The topological polar surface area (TPSA) is 55.6 Å². The standard InChI is InChI=1S/C16H19FN2O2/c1-21-10-9-19(13-5-6-13)16(20)14-7-4-12(3-2-8-18)11-15(14)17/h4,7,11,13H,5-6,8-10,18H2,1H3. The number of nitrogens with zero attached hydrogens (tertiary/aromatic N) is 1. The highest BCUT2D eigenvalue weighted by Gasteiger charge is 2.33. The molecule has 0 aliphatic heterocycles. The number of carbonyl (C=O) groups excluding carboxylic acids is 1. The van der Waals surface area contributed by atoms with Crippen molar-refractivity contribution in [3.05, 3.63) is 35.1 Å². The van der Waals surface area contributed by atoms with Crippen molar-refractivity contribution in [1.29, 1.82) is 0 Å². The van der Waals surface area contributed by atoms with Gasteiger partial charge in [0.25, 0.3) is 5.91 Å². The summed E-state index contributed by atoms with van der Waals surface area (Å²) in [6, 6.07) is 4.61. The van der Waals surface area contributed by atoms with Crippen LogP contribution in [0.4, 0.5) is 4.39 Å². The molecule has 21 heavy (non-hydrogen) atoms. The molecular formula is C16H19FN2O2. The average molecular weight is 290 g/mol. The normalized spacial score (nSPS) is 13.5. The number of benzene rings is 1. The minimum atomic E-state index is -0.549. The van der Waals surface area contributed by atoms with Crippen LogP contribution in [0.5, 0.6) is 0 Å². The van der Waals surface area contributed by atoms with Gasteiger partial charge in [-0.25, -0.2) is 4.39 Å². The lowest BCUT2D eigenvalue weighted by atomic mass is 10.1. The summed E-state index contributed by atoms with van der Waals surface area (Å²) in [4.78, 5) is 14.1. The Labute approximate surface area is 124 Å². The lowest BCUT2D eigenvalue weighted by molar-refractivity contribution is 0.0675. The van der Waals surface area contributed by atoms with Crippen molar-refractivity contribution in [1.82, 2.24) is 4.90 Å². The summed E-state index contributed by atoms with van der Waals surface area (Å²) in [6.07, 6.45) is 1.94. The van der Waals surface area contributed by atoms with Crippen molar-refractivity contribution in [2.75, 3.05) is 26.8 Å². The van der Waals surface area contributed by atoms with E-state index in [-0.39, 0.29) is 24.1 Å². The molecule has 0 bridgehead atoms. The van der Waals surface area contributed by atoms with Crippen molar-refractivity contribution in [2.45, 2.75) is 18.9 Å². The monoisotopic (exact) mass is 290 g/mol. The maximum atomic E-state index is 14.1. The van der Waals surface area contributed by atoms with E-state index in [0.29, 0.717) is 18.7 Å². The van der Waals surface area contributed by atoms with Crippen molar-refractivity contribution in [3.8, 4) is 11.8 Å². The minimum Gasteiger partial charge on any atom is -0.383 e. The Hall–Kier alpha value is -1.90. The first kappa shape index (κ1) is 15.5. The van der Waals surface area contributed by atoms with Gasteiger partial charge in [0.2, 0.25) is 0 Å². The molecule has 4 nitrogen and oxygen atoms in total. The summed E-state index contributed by atoms with van der Waals surface area (Å²) in [5.41, 5.74) is 5.88. The van der Waals surface area contributed by atoms with E-state index in [1.54, 1.807) is 18.1 Å². The summed E-state index contributed by atoms with van der Waals surface area (Å²) in [6.45, 7) is 1.15. The number of rotatable bonds is 5. The summed E-state index contributed by atoms with van der Waals surface area (Å²) < 4.78 is 19.1. The van der Waals surface area contributed by atoms with Gasteiger partial charge in [0.1, 0.15) is 5.82 Å². The predicted octanol–water partition coefficient (Wildman–Crippen LogP) is 1.39. The predicted molar refractivity (Wildman–Crippen MR) is 78.3 cm³/mol. The number of halogens is 1. The number of methoxy groups -OCH3 is 1. The number of hydrogen-bond donors (Lipinski definition) is 1. The van der Waals surface area contributed by atoms with E-state index in [1.165, 1.54) is 12.1 Å². The molecule has 0 unspecified atom stereocenters. The number of hydrogen-bond acceptors (Lipinski definition) is 3. The van der Waals surface area contributed by atoms with Gasteiger partial charge in [0.15, 0.2) is 0 Å². The number of nitrogens with two attached hydrogens (primary N) is 1. The van der Waals surface area contributed by atoms with Crippen LogP contribution in [0.25, 0.3) is 0 Å². The highest BCUT2D eigenvalue weighted by Crippen LogP contribution is 2.28. The smallest absolute Gasteiger partial charge is 0.257 e. The van der Waals surface area contributed by atoms with Gasteiger partial charge in [-0.3, -0.25) is 4.79 Å². The zero-order chi connectivity index (χ0) is 15.2. The molecule has 2 N–H and O–H groups in total. The second-order valence-corrected chi connectivity index (χ2v) is 4.92. The average Bonchev–Trinajstić information content (AvgIpc) is 3.30. The van der Waals surface area contributed by atoms with Crippen molar-refractivity contribution in [3.63, 3.8) is 0 Å². The van der Waals surface area contributed by atoms with E-state index in [9.17, 15) is 9.18 Å². The molecular weight excluding hydrogens is 271 g/mol. The third kappa shape index (κ3) is 4.03. The molecule has 0 radical (unpaired) electrons. The molecule has 1 aliphatic carbocycles. The van der Waals surface area contributed by atoms with Gasteiger partial charge < -0.3 is 15.4 Å². The Kier molecular flexibility index (Phi) is 5.32. The molecule has 0 spiro atoms. The molecule has 0 atom stereocenters. The van der Waals surface area contributed by atoms with Crippen molar-refractivity contribution >= 4 is 5.91 Å². The SMILES string of the molecule is COCCN(C(=O)c1ccc(C#CCN)cc1F)C1CC1. The molecule has 112 valence electrons. The zero-order valence-electron chi connectivity index (χ0n) is 12.1. The van der Waals surface area contributed by atoms with Gasteiger partial charge in [-0.2, -0.15) is 0 Å². The van der Waals surface area contributed by atoms with Crippen LogP contribution >= 0.6 is 0 Å². The largest absolute Gasteiger partial charge is 0.383 e. The van der Waals surface area contributed by atoms with Gasteiger partial charge in [0.05, 0.1) is 18.7 Å². The molecule has 0 saturated heterocycles. The second kappa shape index (κ2) is 7.21. The second-order valence-electron chi connectivity index (χ2n) is 4.92. The summed E-state index contributed by atoms with van der Waals surface area (Å²) >= 11 is 0. The highest BCUT2D eigenvalue weighted by atomic mass is 19.1. The Morgan fingerprint density at radius 3 is 2.86 bits per heavy atom. The van der Waals surface area contributed by atoms with Gasteiger partial charge >= 0.3 is 0 Å². The Bertz CT molecular complexity index is 573. The van der Waals surface area contributed by atoms with Crippen LogP contribution in [0, 0.1) is 17.7 Å². The van der Waals surface area contributed by atoms with Crippen LogP contribution in [0.3, 0.4) is 0 Å². The first-order valence-corrected chi connectivity index (χ1v) is 6.95. The van der Waals surface area contributed by atoms with Crippen LogP contribution in [-0.4, -0.2) is 43.7 Å². The van der Waals surface area contributed by atoms with E-state index in [1.807, 2.05) is 0 Å². The fourth-order valence-electron chi connectivity index (χ4n) is 2.10. The lowest BCUT2D eigenvalue weighted by Crippen LogP contribution is -2.36. The molecule has 1 amide bonds. The molecule has 1 saturated carbocycles. The Balaban J connectivity index is 2.17. The highest BCUT2D eigenvalue weighted by molar-refractivity contribution is 5.95. The lowest BCUT2D eigenvalue weighted by Gasteiger charge is -2.22. The van der Waals surface area contributed by atoms with E-state index in [2.05, 4.69) is 11.8 Å². The summed E-state index contributed by atoms with van der Waals surface area (Å²) in [5, 5.41) is 0. The van der Waals surface area contributed by atoms with Crippen LogP contribution in [-0.2, 0) is 4.74 Å². The molecule has 1 aromatic carbocycles. The van der Waals surface area contributed by atoms with E-state index < -0.39 is 5.82 Å².